The molecule has 1 N–H and O–H groups in total. The Labute approximate surface area is 155 Å². The molecule has 0 amide bonds. The summed E-state index contributed by atoms with van der Waals surface area (Å²) in [6, 6.07) is 0. The lowest BCUT2D eigenvalue weighted by Crippen LogP contribution is -2.40. The summed E-state index contributed by atoms with van der Waals surface area (Å²) in [4.78, 5) is 9.73. The summed E-state index contributed by atoms with van der Waals surface area (Å²) in [5.74, 6) is 1.12. The highest BCUT2D eigenvalue weighted by Crippen LogP contribution is 2.28. The van der Waals surface area contributed by atoms with Gasteiger partial charge in [-0.3, -0.25) is 4.99 Å². The molecular weight excluding hydrogens is 387 g/mol. The van der Waals surface area contributed by atoms with Crippen LogP contribution in [0, 0.1) is 5.41 Å². The monoisotopic (exact) mass is 424 g/mol. The highest BCUT2D eigenvalue weighted by molar-refractivity contribution is 14.0. The molecule has 4 nitrogen and oxygen atoms in total. The fraction of sp³-hybridized carbons (Fsp3) is 0.941. The van der Waals surface area contributed by atoms with E-state index in [0.717, 1.165) is 45.2 Å². The summed E-state index contributed by atoms with van der Waals surface area (Å²) >= 11 is 0. The van der Waals surface area contributed by atoms with E-state index in [0.29, 0.717) is 5.41 Å². The van der Waals surface area contributed by atoms with E-state index in [-0.39, 0.29) is 24.0 Å². The van der Waals surface area contributed by atoms with Crippen molar-refractivity contribution < 1.29 is 0 Å². The van der Waals surface area contributed by atoms with E-state index in [1.807, 2.05) is 0 Å². The number of guanidine groups is 1. The standard InChI is InChI=1S/C17H36N4.HI/c1-6-18-16(21-14-11-17(4,5)15-21)19-12-9-10-13-20(7-2)8-3;/h6-15H2,1-5H3,(H,18,19);1H. The van der Waals surface area contributed by atoms with E-state index < -0.39 is 0 Å². The minimum Gasteiger partial charge on any atom is -0.357 e. The van der Waals surface area contributed by atoms with E-state index in [4.69, 9.17) is 4.99 Å². The van der Waals surface area contributed by atoms with Crippen molar-refractivity contribution in [3.8, 4) is 0 Å². The van der Waals surface area contributed by atoms with E-state index in [1.165, 1.54) is 25.8 Å². The Morgan fingerprint density at radius 2 is 1.86 bits per heavy atom. The summed E-state index contributed by atoms with van der Waals surface area (Å²) in [7, 11) is 0. The number of nitrogens with zero attached hydrogens (tertiary/aromatic N) is 3. The van der Waals surface area contributed by atoms with Crippen molar-refractivity contribution in [1.29, 1.82) is 0 Å². The second kappa shape index (κ2) is 11.5. The lowest BCUT2D eigenvalue weighted by molar-refractivity contribution is 0.297. The molecule has 1 fully saturated rings. The Morgan fingerprint density at radius 3 is 2.36 bits per heavy atom. The molecule has 0 spiro atoms. The number of aliphatic imine (C=N–C) groups is 1. The summed E-state index contributed by atoms with van der Waals surface area (Å²) < 4.78 is 0. The molecule has 0 aromatic carbocycles. The number of likely N-dealkylation sites (tertiary alicyclic amines) is 1. The number of hydrogen-bond acceptors (Lipinski definition) is 2. The second-order valence-electron chi connectivity index (χ2n) is 6.81. The smallest absolute Gasteiger partial charge is 0.193 e. The average Bonchev–Trinajstić information content (AvgIpc) is 2.82. The van der Waals surface area contributed by atoms with Gasteiger partial charge in [0.2, 0.25) is 0 Å². The van der Waals surface area contributed by atoms with Gasteiger partial charge < -0.3 is 15.1 Å². The van der Waals surface area contributed by atoms with E-state index in [1.54, 1.807) is 0 Å². The molecular formula is C17H37IN4. The quantitative estimate of drug-likeness (QED) is 0.280. The number of halogens is 1. The van der Waals surface area contributed by atoms with Crippen LogP contribution in [0.4, 0.5) is 0 Å². The summed E-state index contributed by atoms with van der Waals surface area (Å²) in [6.07, 6.45) is 3.69. The zero-order chi connectivity index (χ0) is 15.7. The molecule has 1 saturated heterocycles. The third-order valence-electron chi connectivity index (χ3n) is 4.35. The maximum Gasteiger partial charge on any atom is 0.193 e. The van der Waals surface area contributed by atoms with Gasteiger partial charge in [0.15, 0.2) is 5.96 Å². The van der Waals surface area contributed by atoms with Gasteiger partial charge in [0.05, 0.1) is 0 Å². The Bertz CT molecular complexity index is 314. The molecule has 1 aliphatic rings. The molecule has 0 radical (unpaired) electrons. The number of unbranched alkanes of at least 4 members (excludes halogenated alkanes) is 1. The van der Waals surface area contributed by atoms with Crippen molar-refractivity contribution in [2.24, 2.45) is 10.4 Å². The van der Waals surface area contributed by atoms with Gasteiger partial charge in [-0.2, -0.15) is 0 Å². The molecule has 0 bridgehead atoms. The van der Waals surface area contributed by atoms with Crippen LogP contribution in [0.1, 0.15) is 53.9 Å². The first kappa shape index (κ1) is 22.0. The van der Waals surface area contributed by atoms with Crippen LogP contribution in [0.2, 0.25) is 0 Å². The van der Waals surface area contributed by atoms with Crippen LogP contribution in [0.5, 0.6) is 0 Å². The molecule has 0 aromatic heterocycles. The van der Waals surface area contributed by atoms with Gasteiger partial charge >= 0.3 is 0 Å². The third-order valence-corrected chi connectivity index (χ3v) is 4.35. The third kappa shape index (κ3) is 7.99. The Kier molecular flexibility index (Phi) is 11.5. The molecule has 0 unspecified atom stereocenters. The molecule has 22 heavy (non-hydrogen) atoms. The molecule has 1 rings (SSSR count). The molecule has 0 saturated carbocycles. The predicted octanol–water partition coefficient (Wildman–Crippen LogP) is 3.42. The zero-order valence-electron chi connectivity index (χ0n) is 15.3. The number of hydrogen-bond donors (Lipinski definition) is 1. The fourth-order valence-electron chi connectivity index (χ4n) is 2.89. The van der Waals surface area contributed by atoms with Crippen LogP contribution in [0.25, 0.3) is 0 Å². The van der Waals surface area contributed by atoms with Gasteiger partial charge in [-0.25, -0.2) is 0 Å². The van der Waals surface area contributed by atoms with Crippen molar-refractivity contribution in [1.82, 2.24) is 15.1 Å². The molecule has 0 aromatic rings. The van der Waals surface area contributed by atoms with Crippen molar-refractivity contribution >= 4 is 29.9 Å². The lowest BCUT2D eigenvalue weighted by Gasteiger charge is -2.23. The second-order valence-corrected chi connectivity index (χ2v) is 6.81. The van der Waals surface area contributed by atoms with Crippen molar-refractivity contribution in [2.75, 3.05) is 45.8 Å². The summed E-state index contributed by atoms with van der Waals surface area (Å²) in [6.45, 7) is 19.0. The van der Waals surface area contributed by atoms with Crippen LogP contribution in [0.15, 0.2) is 4.99 Å². The molecule has 1 aliphatic heterocycles. The SMILES string of the molecule is CCNC(=NCCCCN(CC)CC)N1CCC(C)(C)C1.I. The summed E-state index contributed by atoms with van der Waals surface area (Å²) in [5, 5.41) is 3.45. The van der Waals surface area contributed by atoms with Gasteiger partial charge in [-0.05, 0) is 51.2 Å². The van der Waals surface area contributed by atoms with Crippen molar-refractivity contribution in [2.45, 2.75) is 53.9 Å². The van der Waals surface area contributed by atoms with Crippen LogP contribution in [-0.4, -0.2) is 61.6 Å². The van der Waals surface area contributed by atoms with Crippen LogP contribution in [0.3, 0.4) is 0 Å². The van der Waals surface area contributed by atoms with Gasteiger partial charge in [0, 0.05) is 26.2 Å². The van der Waals surface area contributed by atoms with Crippen LogP contribution in [-0.2, 0) is 0 Å². The average molecular weight is 424 g/mol. The Balaban J connectivity index is 0.00000441. The van der Waals surface area contributed by atoms with E-state index >= 15 is 0 Å². The highest BCUT2D eigenvalue weighted by atomic mass is 127. The van der Waals surface area contributed by atoms with E-state index in [2.05, 4.69) is 49.7 Å². The van der Waals surface area contributed by atoms with Crippen LogP contribution < -0.4 is 5.32 Å². The molecule has 132 valence electrons. The molecule has 0 aliphatic carbocycles. The molecule has 0 atom stereocenters. The molecule has 5 heteroatoms. The minimum absolute atomic E-state index is 0. The largest absolute Gasteiger partial charge is 0.357 e. The van der Waals surface area contributed by atoms with Gasteiger partial charge in [-0.1, -0.05) is 27.7 Å². The first-order chi connectivity index (χ1) is 10.0. The number of nitrogens with one attached hydrogen (secondary N) is 1. The predicted molar refractivity (Wildman–Crippen MR) is 108 cm³/mol. The van der Waals surface area contributed by atoms with Gasteiger partial charge in [0.1, 0.15) is 0 Å². The first-order valence-corrected chi connectivity index (χ1v) is 8.78. The summed E-state index contributed by atoms with van der Waals surface area (Å²) in [5.41, 5.74) is 0.430. The topological polar surface area (TPSA) is 30.9 Å². The van der Waals surface area contributed by atoms with Gasteiger partial charge in [-0.15, -0.1) is 24.0 Å². The fourth-order valence-corrected chi connectivity index (χ4v) is 2.89. The van der Waals surface area contributed by atoms with Crippen LogP contribution >= 0.6 is 24.0 Å². The zero-order valence-corrected chi connectivity index (χ0v) is 17.7. The Hall–Kier alpha value is -0.0400. The number of rotatable bonds is 8. The van der Waals surface area contributed by atoms with Crippen molar-refractivity contribution in [3.05, 3.63) is 0 Å². The van der Waals surface area contributed by atoms with Crippen molar-refractivity contribution in [3.63, 3.8) is 0 Å². The highest BCUT2D eigenvalue weighted by Gasteiger charge is 2.30. The maximum atomic E-state index is 4.82. The minimum atomic E-state index is 0. The lowest BCUT2D eigenvalue weighted by atomic mass is 9.93. The Morgan fingerprint density at radius 1 is 1.18 bits per heavy atom. The maximum absolute atomic E-state index is 4.82. The first-order valence-electron chi connectivity index (χ1n) is 8.78. The molecule has 1 heterocycles. The van der Waals surface area contributed by atoms with Gasteiger partial charge in [0.25, 0.3) is 0 Å². The van der Waals surface area contributed by atoms with E-state index in [9.17, 15) is 0 Å². The normalized spacial score (nSPS) is 17.7.